The van der Waals surface area contributed by atoms with Crippen LogP contribution in [0.5, 0.6) is 0 Å². The minimum Gasteiger partial charge on any atom is -0.378 e. The van der Waals surface area contributed by atoms with E-state index in [1.165, 1.54) is 4.90 Å². The molecule has 1 unspecified atom stereocenters. The van der Waals surface area contributed by atoms with Gasteiger partial charge in [-0.25, -0.2) is 0 Å². The lowest BCUT2D eigenvalue weighted by molar-refractivity contribution is -0.148. The number of nitrogens with one attached hydrogen (secondary N) is 1. The fraction of sp³-hybridized carbons (Fsp3) is 0.375. The number of morpholine rings is 1. The number of carbonyl (C=O) groups excluding carboxylic acids is 3. The number of hydrogen-bond donors (Lipinski definition) is 2. The molecule has 2 atom stereocenters. The van der Waals surface area contributed by atoms with Crippen molar-refractivity contribution in [3.8, 4) is 0 Å². The normalized spacial score (nSPS) is 15.7. The van der Waals surface area contributed by atoms with Crippen LogP contribution in [0.4, 0.5) is 0 Å². The number of hydrogen-bond acceptors (Lipinski definition) is 5. The van der Waals surface area contributed by atoms with Crippen molar-refractivity contribution in [2.24, 2.45) is 5.73 Å². The SMILES string of the molecule is N[C@@H](Cc1ccccc1)C(=O)NC(CCc1ccccc1)C(=O)C(=O)N1CCOCC1. The fourth-order valence-corrected chi connectivity index (χ4v) is 3.54. The third kappa shape index (κ3) is 6.73. The maximum absolute atomic E-state index is 13.0. The Labute approximate surface area is 182 Å². The summed E-state index contributed by atoms with van der Waals surface area (Å²) in [7, 11) is 0. The summed E-state index contributed by atoms with van der Waals surface area (Å²) < 4.78 is 5.26. The number of Topliss-reactive ketones (excluding diaryl/α,β-unsaturated/α-hetero) is 1. The molecule has 0 spiro atoms. The predicted octanol–water partition coefficient (Wildman–Crippen LogP) is 1.10. The molecule has 1 fully saturated rings. The molecule has 0 saturated carbocycles. The molecule has 2 aromatic rings. The maximum atomic E-state index is 13.0. The molecule has 1 saturated heterocycles. The second-order valence-electron chi connectivity index (χ2n) is 7.65. The zero-order valence-electron chi connectivity index (χ0n) is 17.5. The van der Waals surface area contributed by atoms with E-state index in [2.05, 4.69) is 5.32 Å². The average Bonchev–Trinajstić information content (AvgIpc) is 2.82. The first-order valence-corrected chi connectivity index (χ1v) is 10.6. The van der Waals surface area contributed by atoms with E-state index in [0.29, 0.717) is 45.6 Å². The number of ether oxygens (including phenoxy) is 1. The standard InChI is InChI=1S/C24H29N3O4/c25-20(17-19-9-5-2-6-10-19)23(29)26-21(12-11-18-7-3-1-4-8-18)22(28)24(30)27-13-15-31-16-14-27/h1-10,20-21H,11-17,25H2,(H,26,29)/t20-,21?/m0/s1. The lowest BCUT2D eigenvalue weighted by atomic mass is 10.00. The van der Waals surface area contributed by atoms with Gasteiger partial charge in [0.15, 0.2) is 0 Å². The van der Waals surface area contributed by atoms with Gasteiger partial charge < -0.3 is 20.7 Å². The Morgan fingerprint density at radius 3 is 2.13 bits per heavy atom. The van der Waals surface area contributed by atoms with E-state index in [9.17, 15) is 14.4 Å². The van der Waals surface area contributed by atoms with E-state index in [0.717, 1.165) is 11.1 Å². The number of nitrogens with two attached hydrogens (primary N) is 1. The van der Waals surface area contributed by atoms with Gasteiger partial charge in [0, 0.05) is 13.1 Å². The van der Waals surface area contributed by atoms with E-state index < -0.39 is 29.7 Å². The number of rotatable bonds is 9. The van der Waals surface area contributed by atoms with E-state index in [1.54, 1.807) is 0 Å². The Morgan fingerprint density at radius 2 is 1.52 bits per heavy atom. The van der Waals surface area contributed by atoms with Gasteiger partial charge in [0.05, 0.1) is 25.3 Å². The lowest BCUT2D eigenvalue weighted by Crippen LogP contribution is -2.54. The van der Waals surface area contributed by atoms with Crippen LogP contribution in [0.3, 0.4) is 0 Å². The number of carbonyl (C=O) groups is 3. The monoisotopic (exact) mass is 423 g/mol. The smallest absolute Gasteiger partial charge is 0.292 e. The average molecular weight is 424 g/mol. The van der Waals surface area contributed by atoms with Gasteiger partial charge in [-0.15, -0.1) is 0 Å². The second-order valence-corrected chi connectivity index (χ2v) is 7.65. The number of amides is 2. The molecule has 3 N–H and O–H groups in total. The maximum Gasteiger partial charge on any atom is 0.292 e. The topological polar surface area (TPSA) is 102 Å². The molecular weight excluding hydrogens is 394 g/mol. The predicted molar refractivity (Wildman–Crippen MR) is 117 cm³/mol. The molecule has 2 amide bonds. The van der Waals surface area contributed by atoms with Crippen LogP contribution in [-0.4, -0.2) is 60.9 Å². The molecule has 7 heteroatoms. The molecular formula is C24H29N3O4. The largest absolute Gasteiger partial charge is 0.378 e. The Bertz CT molecular complexity index is 867. The molecule has 0 radical (unpaired) electrons. The molecule has 0 bridgehead atoms. The summed E-state index contributed by atoms with van der Waals surface area (Å²) in [4.78, 5) is 39.9. The van der Waals surface area contributed by atoms with Gasteiger partial charge in [-0.05, 0) is 30.4 Å². The van der Waals surface area contributed by atoms with Crippen molar-refractivity contribution in [3.63, 3.8) is 0 Å². The summed E-state index contributed by atoms with van der Waals surface area (Å²) >= 11 is 0. The van der Waals surface area contributed by atoms with Gasteiger partial charge in [0.1, 0.15) is 0 Å². The van der Waals surface area contributed by atoms with Gasteiger partial charge in [0.2, 0.25) is 11.7 Å². The summed E-state index contributed by atoms with van der Waals surface area (Å²) in [5, 5.41) is 2.73. The third-order valence-corrected chi connectivity index (χ3v) is 5.34. The summed E-state index contributed by atoms with van der Waals surface area (Å²) in [5.74, 6) is -1.64. The summed E-state index contributed by atoms with van der Waals surface area (Å²) in [6.45, 7) is 1.55. The summed E-state index contributed by atoms with van der Waals surface area (Å²) in [6, 6.07) is 17.4. The highest BCUT2D eigenvalue weighted by molar-refractivity contribution is 6.38. The van der Waals surface area contributed by atoms with Gasteiger partial charge in [-0.2, -0.15) is 0 Å². The number of aryl methyl sites for hydroxylation is 1. The van der Waals surface area contributed by atoms with E-state index in [4.69, 9.17) is 10.5 Å². The van der Waals surface area contributed by atoms with Crippen molar-refractivity contribution >= 4 is 17.6 Å². The quantitative estimate of drug-likeness (QED) is 0.588. The van der Waals surface area contributed by atoms with Crippen LogP contribution in [0.25, 0.3) is 0 Å². The molecule has 7 nitrogen and oxygen atoms in total. The third-order valence-electron chi connectivity index (χ3n) is 5.34. The van der Waals surface area contributed by atoms with Crippen LogP contribution in [0.2, 0.25) is 0 Å². The lowest BCUT2D eigenvalue weighted by Gasteiger charge is -2.28. The molecule has 164 valence electrons. The highest BCUT2D eigenvalue weighted by Crippen LogP contribution is 2.09. The zero-order chi connectivity index (χ0) is 22.1. The Morgan fingerprint density at radius 1 is 0.935 bits per heavy atom. The van der Waals surface area contributed by atoms with Crippen LogP contribution in [0.1, 0.15) is 17.5 Å². The number of ketones is 1. The zero-order valence-corrected chi connectivity index (χ0v) is 17.5. The number of nitrogens with zero attached hydrogens (tertiary/aromatic N) is 1. The van der Waals surface area contributed by atoms with Crippen molar-refractivity contribution in [2.45, 2.75) is 31.3 Å². The van der Waals surface area contributed by atoms with Crippen molar-refractivity contribution in [3.05, 3.63) is 71.8 Å². The van der Waals surface area contributed by atoms with Crippen molar-refractivity contribution in [2.75, 3.05) is 26.3 Å². The Hall–Kier alpha value is -3.03. The molecule has 3 rings (SSSR count). The Balaban J connectivity index is 1.67. The van der Waals surface area contributed by atoms with Crippen LogP contribution in [0, 0.1) is 0 Å². The summed E-state index contributed by atoms with van der Waals surface area (Å²) in [6.07, 6.45) is 1.23. The van der Waals surface area contributed by atoms with Crippen LogP contribution >= 0.6 is 0 Å². The van der Waals surface area contributed by atoms with Gasteiger partial charge in [-0.1, -0.05) is 60.7 Å². The minimum absolute atomic E-state index is 0.322. The van der Waals surface area contributed by atoms with Gasteiger partial charge in [0.25, 0.3) is 5.91 Å². The highest BCUT2D eigenvalue weighted by atomic mass is 16.5. The highest BCUT2D eigenvalue weighted by Gasteiger charge is 2.32. The van der Waals surface area contributed by atoms with Gasteiger partial charge in [-0.3, -0.25) is 14.4 Å². The Kier molecular flexibility index (Phi) is 8.32. The molecule has 0 aliphatic carbocycles. The van der Waals surface area contributed by atoms with E-state index in [1.807, 2.05) is 60.7 Å². The van der Waals surface area contributed by atoms with Crippen molar-refractivity contribution < 1.29 is 19.1 Å². The molecule has 1 aliphatic heterocycles. The van der Waals surface area contributed by atoms with Crippen molar-refractivity contribution in [1.82, 2.24) is 10.2 Å². The first-order valence-electron chi connectivity index (χ1n) is 10.6. The molecule has 1 aliphatic rings. The minimum atomic E-state index is -0.926. The molecule has 0 aromatic heterocycles. The van der Waals surface area contributed by atoms with Crippen LogP contribution < -0.4 is 11.1 Å². The molecule has 31 heavy (non-hydrogen) atoms. The van der Waals surface area contributed by atoms with Crippen molar-refractivity contribution in [1.29, 1.82) is 0 Å². The fourth-order valence-electron chi connectivity index (χ4n) is 3.54. The van der Waals surface area contributed by atoms with Crippen LogP contribution in [0.15, 0.2) is 60.7 Å². The second kappa shape index (κ2) is 11.4. The summed E-state index contributed by atoms with van der Waals surface area (Å²) in [5.41, 5.74) is 8.05. The first-order chi connectivity index (χ1) is 15.0. The van der Waals surface area contributed by atoms with E-state index >= 15 is 0 Å². The first kappa shape index (κ1) is 22.7. The molecule has 1 heterocycles. The van der Waals surface area contributed by atoms with Crippen LogP contribution in [-0.2, 0) is 32.0 Å². The molecule has 2 aromatic carbocycles. The van der Waals surface area contributed by atoms with Gasteiger partial charge >= 0.3 is 0 Å². The number of benzene rings is 2. The van der Waals surface area contributed by atoms with E-state index in [-0.39, 0.29) is 0 Å².